The first-order valence-electron chi connectivity index (χ1n) is 21.2. The van der Waals surface area contributed by atoms with Crippen LogP contribution in [0.3, 0.4) is 0 Å². The molecule has 0 saturated carbocycles. The lowest BCUT2D eigenvalue weighted by Gasteiger charge is -2.35. The van der Waals surface area contributed by atoms with Gasteiger partial charge in [0.25, 0.3) is 0 Å². The molecule has 288 valence electrons. The summed E-state index contributed by atoms with van der Waals surface area (Å²) in [5.74, 6) is 0.653. The summed E-state index contributed by atoms with van der Waals surface area (Å²) < 4.78 is 6.63. The number of rotatable bonds is 4. The van der Waals surface area contributed by atoms with Crippen molar-refractivity contribution in [1.82, 2.24) is 9.97 Å². The maximum Gasteiger partial charge on any atom is 0.160 e. The summed E-state index contributed by atoms with van der Waals surface area (Å²) in [5.41, 5.74) is 20.4. The Hall–Kier alpha value is -8.14. The fourth-order valence-electron chi connectivity index (χ4n) is 10.5. The SMILES string of the molecule is c1ccc(-c2cccc(-c3nc(-c4ccc5c(c4)C4(c6ccccc6-c6ccccc6-5)c5ccccc5-c5ccccc54)cc(-c4cccc5c4oc4ccccc45)n3)c2)cc1. The van der Waals surface area contributed by atoms with Crippen LogP contribution in [0.1, 0.15) is 22.3 Å². The van der Waals surface area contributed by atoms with E-state index in [0.717, 1.165) is 61.1 Å². The van der Waals surface area contributed by atoms with E-state index in [2.05, 4.69) is 206 Å². The minimum Gasteiger partial charge on any atom is -0.455 e. The molecule has 0 amide bonds. The summed E-state index contributed by atoms with van der Waals surface area (Å²) in [6.07, 6.45) is 0. The quantitative estimate of drug-likeness (QED) is 0.178. The van der Waals surface area contributed by atoms with E-state index in [-0.39, 0.29) is 0 Å². The molecule has 62 heavy (non-hydrogen) atoms. The Kier molecular flexibility index (Phi) is 7.52. The highest BCUT2D eigenvalue weighted by molar-refractivity contribution is 6.09. The highest BCUT2D eigenvalue weighted by atomic mass is 16.3. The van der Waals surface area contributed by atoms with Crippen molar-refractivity contribution >= 4 is 21.9 Å². The van der Waals surface area contributed by atoms with Gasteiger partial charge in [-0.1, -0.05) is 188 Å². The zero-order valence-electron chi connectivity index (χ0n) is 33.6. The minimum atomic E-state index is -0.600. The van der Waals surface area contributed by atoms with E-state index in [1.54, 1.807) is 0 Å². The summed E-state index contributed by atoms with van der Waals surface area (Å²) in [6.45, 7) is 0. The Labute approximate surface area is 359 Å². The maximum absolute atomic E-state index is 6.63. The number of hydrogen-bond acceptors (Lipinski definition) is 3. The summed E-state index contributed by atoms with van der Waals surface area (Å²) in [7, 11) is 0. The topological polar surface area (TPSA) is 38.9 Å². The Morgan fingerprint density at radius 2 is 0.823 bits per heavy atom. The van der Waals surface area contributed by atoms with Crippen molar-refractivity contribution < 1.29 is 4.42 Å². The number of hydrogen-bond donors (Lipinski definition) is 0. The van der Waals surface area contributed by atoms with Gasteiger partial charge in [0.15, 0.2) is 5.82 Å². The van der Waals surface area contributed by atoms with Gasteiger partial charge in [-0.05, 0) is 97.1 Å². The summed E-state index contributed by atoms with van der Waals surface area (Å²) in [5, 5.41) is 2.15. The van der Waals surface area contributed by atoms with Gasteiger partial charge in [-0.2, -0.15) is 0 Å². The van der Waals surface area contributed by atoms with Crippen molar-refractivity contribution in [2.75, 3.05) is 0 Å². The van der Waals surface area contributed by atoms with Crippen LogP contribution in [0.4, 0.5) is 0 Å². The van der Waals surface area contributed by atoms with Crippen LogP contribution in [-0.2, 0) is 5.41 Å². The lowest BCUT2D eigenvalue weighted by Crippen LogP contribution is -2.29. The minimum absolute atomic E-state index is 0.600. The molecule has 3 heteroatoms. The molecule has 2 aliphatic carbocycles. The predicted octanol–water partition coefficient (Wildman–Crippen LogP) is 15.1. The third kappa shape index (κ3) is 5.00. The molecule has 13 rings (SSSR count). The third-order valence-corrected chi connectivity index (χ3v) is 13.1. The van der Waals surface area contributed by atoms with Crippen LogP contribution in [-0.4, -0.2) is 9.97 Å². The number of nitrogens with zero attached hydrogens (tertiary/aromatic N) is 2. The second-order valence-electron chi connectivity index (χ2n) is 16.4. The molecule has 11 aromatic rings. The summed E-state index contributed by atoms with van der Waals surface area (Å²) in [6, 6.07) is 78.7. The number of fused-ring (bicyclic) bond motifs is 15. The van der Waals surface area contributed by atoms with Gasteiger partial charge in [0.05, 0.1) is 16.8 Å². The van der Waals surface area contributed by atoms with Crippen LogP contribution in [0.5, 0.6) is 0 Å². The monoisotopic (exact) mass is 788 g/mol. The Bertz CT molecular complexity index is 3550. The molecule has 1 spiro atoms. The largest absolute Gasteiger partial charge is 0.455 e. The molecule has 0 bridgehead atoms. The van der Waals surface area contributed by atoms with Crippen LogP contribution in [0.15, 0.2) is 223 Å². The van der Waals surface area contributed by atoms with Gasteiger partial charge >= 0.3 is 0 Å². The van der Waals surface area contributed by atoms with Crippen molar-refractivity contribution in [2.24, 2.45) is 0 Å². The van der Waals surface area contributed by atoms with Crippen LogP contribution in [0, 0.1) is 0 Å². The van der Waals surface area contributed by atoms with E-state index in [0.29, 0.717) is 5.82 Å². The Balaban J connectivity index is 1.11. The van der Waals surface area contributed by atoms with Gasteiger partial charge in [-0.3, -0.25) is 0 Å². The summed E-state index contributed by atoms with van der Waals surface area (Å²) in [4.78, 5) is 10.9. The average Bonchev–Trinajstić information content (AvgIpc) is 3.85. The maximum atomic E-state index is 6.63. The number of furan rings is 1. The van der Waals surface area contributed by atoms with Crippen molar-refractivity contribution in [3.63, 3.8) is 0 Å². The van der Waals surface area contributed by atoms with Gasteiger partial charge in [-0.15, -0.1) is 0 Å². The first-order chi connectivity index (χ1) is 30.7. The van der Waals surface area contributed by atoms with Crippen LogP contribution < -0.4 is 0 Å². The van der Waals surface area contributed by atoms with Gasteiger partial charge in [0.2, 0.25) is 0 Å². The highest BCUT2D eigenvalue weighted by Gasteiger charge is 2.49. The summed E-state index contributed by atoms with van der Waals surface area (Å²) >= 11 is 0. The fourth-order valence-corrected chi connectivity index (χ4v) is 10.5. The molecular formula is C59H36N2O. The number of aromatic nitrogens is 2. The first-order valence-corrected chi connectivity index (χ1v) is 21.2. The van der Waals surface area contributed by atoms with Crippen LogP contribution in [0.25, 0.3) is 100 Å². The second kappa shape index (κ2) is 13.4. The first kappa shape index (κ1) is 34.7. The van der Waals surface area contributed by atoms with Gasteiger partial charge in [0, 0.05) is 27.5 Å². The normalized spacial score (nSPS) is 13.0. The van der Waals surface area contributed by atoms with E-state index >= 15 is 0 Å². The van der Waals surface area contributed by atoms with E-state index < -0.39 is 5.41 Å². The van der Waals surface area contributed by atoms with E-state index in [1.165, 1.54) is 55.6 Å². The molecule has 0 radical (unpaired) electrons. The molecule has 3 nitrogen and oxygen atoms in total. The molecule has 0 unspecified atom stereocenters. The van der Waals surface area contributed by atoms with Crippen LogP contribution in [0.2, 0.25) is 0 Å². The van der Waals surface area contributed by atoms with Gasteiger partial charge < -0.3 is 4.42 Å². The molecule has 0 fully saturated rings. The number of benzene rings is 9. The molecule has 0 aliphatic heterocycles. The zero-order chi connectivity index (χ0) is 40.8. The third-order valence-electron chi connectivity index (χ3n) is 13.1. The predicted molar refractivity (Wildman–Crippen MR) is 253 cm³/mol. The van der Waals surface area contributed by atoms with Crippen molar-refractivity contribution in [2.45, 2.75) is 5.41 Å². The van der Waals surface area contributed by atoms with Crippen LogP contribution >= 0.6 is 0 Å². The molecule has 2 aliphatic rings. The van der Waals surface area contributed by atoms with Crippen molar-refractivity contribution in [1.29, 1.82) is 0 Å². The Morgan fingerprint density at radius 3 is 1.55 bits per heavy atom. The fraction of sp³-hybridized carbons (Fsp3) is 0.0169. The van der Waals surface area contributed by atoms with Gasteiger partial charge in [-0.25, -0.2) is 9.97 Å². The second-order valence-corrected chi connectivity index (χ2v) is 16.4. The molecule has 9 aromatic carbocycles. The highest BCUT2D eigenvalue weighted by Crippen LogP contribution is 2.61. The smallest absolute Gasteiger partial charge is 0.160 e. The lowest BCUT2D eigenvalue weighted by molar-refractivity contribution is 0.670. The van der Waals surface area contributed by atoms with E-state index in [9.17, 15) is 0 Å². The molecule has 0 saturated heterocycles. The zero-order valence-corrected chi connectivity index (χ0v) is 33.6. The lowest BCUT2D eigenvalue weighted by atomic mass is 9.65. The molecule has 0 N–H and O–H groups in total. The van der Waals surface area contributed by atoms with Crippen molar-refractivity contribution in [3.05, 3.63) is 241 Å². The average molecular weight is 789 g/mol. The van der Waals surface area contributed by atoms with E-state index in [1.807, 2.05) is 12.1 Å². The van der Waals surface area contributed by atoms with E-state index in [4.69, 9.17) is 14.4 Å². The standard InChI is InChI=1S/C59H36N2O/c1-2-16-37(17-3-1)38-18-14-19-40(34-38)58-60-54(36-55(61-58)49-27-15-26-48-47-25-9-13-31-56(47)62-57(48)49)39-32-33-46-42-21-5-4-20-41(42)43-22-6-10-28-50(43)59(53(46)35-39)51-29-11-7-23-44(51)45-24-8-12-30-52(45)59/h1-36H. The van der Waals surface area contributed by atoms with Gasteiger partial charge in [0.1, 0.15) is 11.2 Å². The molecule has 0 atom stereocenters. The molecule has 2 aromatic heterocycles. The van der Waals surface area contributed by atoms with Crippen molar-refractivity contribution in [3.8, 4) is 78.4 Å². The molecular weight excluding hydrogens is 753 g/mol. The number of para-hydroxylation sites is 2. The molecule has 2 heterocycles. The Morgan fingerprint density at radius 1 is 0.306 bits per heavy atom.